The Kier molecular flexibility index (Phi) is 7.53. The molecule has 1 aromatic heterocycles. The maximum atomic E-state index is 10.6. The summed E-state index contributed by atoms with van der Waals surface area (Å²) >= 11 is 0. The van der Waals surface area contributed by atoms with Gasteiger partial charge in [-0.3, -0.25) is 19.9 Å². The Balaban J connectivity index is 0.000000257. The molecule has 130 valence electrons. The van der Waals surface area contributed by atoms with Gasteiger partial charge in [-0.2, -0.15) is 0 Å². The molecule has 0 aliphatic rings. The van der Waals surface area contributed by atoms with Crippen LogP contribution in [-0.4, -0.2) is 38.7 Å². The summed E-state index contributed by atoms with van der Waals surface area (Å²) in [5.74, 6) is -0.983. The number of hydrogen-bond acceptors (Lipinski definition) is 7. The van der Waals surface area contributed by atoms with Crippen molar-refractivity contribution in [3.8, 4) is 5.75 Å². The third-order valence-corrected chi connectivity index (χ3v) is 3.21. The molecule has 0 saturated carbocycles. The van der Waals surface area contributed by atoms with Crippen LogP contribution < -0.4 is 11.5 Å². The highest BCUT2D eigenvalue weighted by atomic mass is 16.6. The van der Waals surface area contributed by atoms with Gasteiger partial charge in [0.2, 0.25) is 0 Å². The number of aromatic hydroxyl groups is 1. The van der Waals surface area contributed by atoms with E-state index in [1.165, 1.54) is 18.3 Å². The predicted molar refractivity (Wildman–Crippen MR) is 88.6 cm³/mol. The van der Waals surface area contributed by atoms with E-state index in [-0.39, 0.29) is 17.0 Å². The largest absolute Gasteiger partial charge is 0.506 e. The molecule has 1 aromatic carbocycles. The average Bonchev–Trinajstić information content (AvgIpc) is 2.55. The van der Waals surface area contributed by atoms with Gasteiger partial charge in [0, 0.05) is 12.3 Å². The van der Waals surface area contributed by atoms with Gasteiger partial charge in [-0.15, -0.1) is 0 Å². The zero-order valence-corrected chi connectivity index (χ0v) is 13.0. The number of aromatic nitrogens is 1. The van der Waals surface area contributed by atoms with Crippen LogP contribution in [0.3, 0.4) is 0 Å². The van der Waals surface area contributed by atoms with Crippen LogP contribution in [0.15, 0.2) is 30.5 Å². The molecule has 0 aliphatic heterocycles. The molecular weight excluding hydrogens is 316 g/mol. The molecule has 9 heteroatoms. The van der Waals surface area contributed by atoms with Crippen LogP contribution in [0.25, 0.3) is 10.9 Å². The first-order chi connectivity index (χ1) is 11.4. The highest BCUT2D eigenvalue weighted by Crippen LogP contribution is 2.29. The molecule has 2 aromatic rings. The van der Waals surface area contributed by atoms with Gasteiger partial charge in [-0.25, -0.2) is 0 Å². The summed E-state index contributed by atoms with van der Waals surface area (Å²) in [6.07, 6.45) is 3.64. The van der Waals surface area contributed by atoms with Gasteiger partial charge < -0.3 is 21.7 Å². The minimum Gasteiger partial charge on any atom is -0.506 e. The minimum atomic E-state index is -0.933. The number of carboxylic acids is 1. The van der Waals surface area contributed by atoms with E-state index < -0.39 is 16.9 Å². The number of benzene rings is 1. The molecule has 0 spiro atoms. The number of fused-ring (bicyclic) bond motifs is 1. The van der Waals surface area contributed by atoms with Gasteiger partial charge in [0.15, 0.2) is 0 Å². The molecule has 1 heterocycles. The second-order valence-corrected chi connectivity index (χ2v) is 4.99. The van der Waals surface area contributed by atoms with Crippen molar-refractivity contribution in [2.45, 2.75) is 25.3 Å². The molecule has 6 N–H and O–H groups in total. The molecule has 0 aliphatic carbocycles. The molecule has 1 atom stereocenters. The monoisotopic (exact) mass is 336 g/mol. The smallest absolute Gasteiger partial charge is 0.320 e. The lowest BCUT2D eigenvalue weighted by Gasteiger charge is -2.03. The van der Waals surface area contributed by atoms with Crippen LogP contribution >= 0.6 is 0 Å². The summed E-state index contributed by atoms with van der Waals surface area (Å²) in [5, 5.41) is 28.7. The van der Waals surface area contributed by atoms with E-state index in [0.717, 1.165) is 12.8 Å². The van der Waals surface area contributed by atoms with E-state index in [1.54, 1.807) is 12.1 Å². The number of phenolic OH excluding ortho intramolecular Hbond substituents is 1. The number of carboxylic acid groups (broad SMARTS) is 1. The van der Waals surface area contributed by atoms with E-state index in [2.05, 4.69) is 4.98 Å². The van der Waals surface area contributed by atoms with Crippen molar-refractivity contribution >= 4 is 22.6 Å². The van der Waals surface area contributed by atoms with Crippen molar-refractivity contribution in [2.75, 3.05) is 6.54 Å². The summed E-state index contributed by atoms with van der Waals surface area (Å²) in [7, 11) is 0. The number of nitrogens with two attached hydrogens (primary N) is 2. The Hall–Kier alpha value is -2.78. The lowest BCUT2D eigenvalue weighted by atomic mass is 10.1. The number of pyridine rings is 1. The third-order valence-electron chi connectivity index (χ3n) is 3.21. The Labute approximate surface area is 138 Å². The van der Waals surface area contributed by atoms with Crippen LogP contribution in [0.1, 0.15) is 19.3 Å². The number of nitro groups is 1. The summed E-state index contributed by atoms with van der Waals surface area (Å²) < 4.78 is 0. The maximum Gasteiger partial charge on any atom is 0.320 e. The number of non-ortho nitro benzene ring substituents is 1. The predicted octanol–water partition coefficient (Wildman–Crippen LogP) is 1.38. The zero-order valence-electron chi connectivity index (χ0n) is 13.0. The van der Waals surface area contributed by atoms with Crippen molar-refractivity contribution in [2.24, 2.45) is 11.5 Å². The molecule has 2 rings (SSSR count). The fraction of sp³-hybridized carbons (Fsp3) is 0.333. The van der Waals surface area contributed by atoms with E-state index >= 15 is 0 Å². The van der Waals surface area contributed by atoms with Gasteiger partial charge in [0.05, 0.1) is 10.3 Å². The Morgan fingerprint density at radius 3 is 2.62 bits per heavy atom. The lowest BCUT2D eigenvalue weighted by Crippen LogP contribution is -2.29. The molecule has 24 heavy (non-hydrogen) atoms. The summed E-state index contributed by atoms with van der Waals surface area (Å²) in [6, 6.07) is 4.97. The highest BCUT2D eigenvalue weighted by Gasteiger charge is 2.13. The van der Waals surface area contributed by atoms with Gasteiger partial charge in [-0.05, 0) is 37.6 Å². The standard InChI is InChI=1S/C9H6N2O3.C6H14N2O2/c12-8-4-3-7(11(13)14)6-2-1-5-10-9(6)8;7-4-2-1-3-5(8)6(9)10/h1-5,12H;5H,1-4,7-8H2,(H,9,10)/t;5-/m.0/s1. The number of aliphatic carboxylic acids is 1. The quantitative estimate of drug-likeness (QED) is 0.348. The van der Waals surface area contributed by atoms with Crippen molar-refractivity contribution in [3.63, 3.8) is 0 Å². The van der Waals surface area contributed by atoms with Crippen LogP contribution in [0.5, 0.6) is 5.75 Å². The highest BCUT2D eigenvalue weighted by molar-refractivity contribution is 5.91. The van der Waals surface area contributed by atoms with Crippen molar-refractivity contribution < 1.29 is 19.9 Å². The fourth-order valence-corrected chi connectivity index (χ4v) is 1.93. The molecule has 0 fully saturated rings. The summed E-state index contributed by atoms with van der Waals surface area (Å²) in [4.78, 5) is 24.1. The Bertz CT molecular complexity index is 707. The van der Waals surface area contributed by atoms with Crippen LogP contribution in [0.4, 0.5) is 5.69 Å². The number of phenols is 1. The van der Waals surface area contributed by atoms with E-state index in [4.69, 9.17) is 16.6 Å². The summed E-state index contributed by atoms with van der Waals surface area (Å²) in [6.45, 7) is 0.604. The summed E-state index contributed by atoms with van der Waals surface area (Å²) in [5.41, 5.74) is 10.6. The van der Waals surface area contributed by atoms with E-state index in [1.807, 2.05) is 0 Å². The van der Waals surface area contributed by atoms with Crippen molar-refractivity contribution in [1.29, 1.82) is 0 Å². The lowest BCUT2D eigenvalue weighted by molar-refractivity contribution is -0.383. The number of rotatable bonds is 6. The van der Waals surface area contributed by atoms with Gasteiger partial charge in [0.1, 0.15) is 17.3 Å². The average molecular weight is 336 g/mol. The van der Waals surface area contributed by atoms with Gasteiger partial charge in [0.25, 0.3) is 5.69 Å². The molecule has 0 saturated heterocycles. The second-order valence-electron chi connectivity index (χ2n) is 4.99. The van der Waals surface area contributed by atoms with Gasteiger partial charge in [-0.1, -0.05) is 6.42 Å². The Morgan fingerprint density at radius 1 is 1.33 bits per heavy atom. The van der Waals surface area contributed by atoms with Crippen LogP contribution in [0.2, 0.25) is 0 Å². The Morgan fingerprint density at radius 2 is 2.04 bits per heavy atom. The van der Waals surface area contributed by atoms with E-state index in [9.17, 15) is 20.0 Å². The first kappa shape index (κ1) is 19.3. The molecule has 0 radical (unpaired) electrons. The zero-order chi connectivity index (χ0) is 18.1. The first-order valence-electron chi connectivity index (χ1n) is 7.28. The number of unbranched alkanes of at least 4 members (excludes halogenated alkanes) is 1. The van der Waals surface area contributed by atoms with Crippen molar-refractivity contribution in [3.05, 3.63) is 40.6 Å². The maximum absolute atomic E-state index is 10.6. The van der Waals surface area contributed by atoms with Crippen LogP contribution in [-0.2, 0) is 4.79 Å². The minimum absolute atomic E-state index is 0.0498. The topological polar surface area (TPSA) is 166 Å². The fourth-order valence-electron chi connectivity index (χ4n) is 1.93. The normalized spacial score (nSPS) is 11.4. The third kappa shape index (κ3) is 5.45. The molecular formula is C15H20N4O5. The van der Waals surface area contributed by atoms with Gasteiger partial charge >= 0.3 is 5.97 Å². The number of hydrogen-bond donors (Lipinski definition) is 4. The second kappa shape index (κ2) is 9.38. The number of nitrogens with zero attached hydrogens (tertiary/aromatic N) is 2. The number of carbonyl (C=O) groups is 1. The van der Waals surface area contributed by atoms with Crippen molar-refractivity contribution in [1.82, 2.24) is 4.98 Å². The molecule has 0 amide bonds. The first-order valence-corrected chi connectivity index (χ1v) is 7.28. The van der Waals surface area contributed by atoms with Crippen LogP contribution in [0, 0.1) is 10.1 Å². The van der Waals surface area contributed by atoms with E-state index in [0.29, 0.717) is 18.4 Å². The SMILES string of the molecule is NCCCC[C@H](N)C(=O)O.O=[N+]([O-])c1ccc(O)c2ncccc12. The number of nitro benzene ring substituents is 1. The molecule has 9 nitrogen and oxygen atoms in total. The molecule has 0 unspecified atom stereocenters. The molecule has 0 bridgehead atoms.